The highest BCUT2D eigenvalue weighted by molar-refractivity contribution is 6.06. The molecule has 6 nitrogen and oxygen atoms in total. The van der Waals surface area contributed by atoms with Crippen LogP contribution in [0.15, 0.2) is 42.5 Å². The van der Waals surface area contributed by atoms with E-state index in [1.165, 1.54) is 26.4 Å². The number of aromatic nitrogens is 2. The molecule has 7 heteroatoms. The second kappa shape index (κ2) is 8.56. The monoisotopic (exact) mass is 383 g/mol. The van der Waals surface area contributed by atoms with Crippen molar-refractivity contribution in [2.45, 2.75) is 19.8 Å². The zero-order chi connectivity index (χ0) is 20.1. The van der Waals surface area contributed by atoms with Crippen LogP contribution in [0.25, 0.3) is 11.3 Å². The highest BCUT2D eigenvalue weighted by Gasteiger charge is 2.19. The Bertz CT molecular complexity index is 963. The number of amides is 1. The lowest BCUT2D eigenvalue weighted by Gasteiger charge is -2.11. The Morgan fingerprint density at radius 3 is 2.46 bits per heavy atom. The lowest BCUT2D eigenvalue weighted by Crippen LogP contribution is -2.14. The van der Waals surface area contributed by atoms with Crippen LogP contribution in [-0.4, -0.2) is 30.3 Å². The van der Waals surface area contributed by atoms with Crippen LogP contribution in [0.1, 0.15) is 29.4 Å². The molecular formula is C21H22FN3O3. The SMILES string of the molecule is CCCc1[nH]nc(-c2cccc(F)c2)c1NC(=O)c1cc(OC)cc(OC)c1. The number of carbonyl (C=O) groups excluding carboxylic acids is 1. The lowest BCUT2D eigenvalue weighted by atomic mass is 10.1. The smallest absolute Gasteiger partial charge is 0.256 e. The second-order valence-electron chi connectivity index (χ2n) is 6.24. The summed E-state index contributed by atoms with van der Waals surface area (Å²) >= 11 is 0. The molecule has 1 heterocycles. The first-order chi connectivity index (χ1) is 13.5. The standard InChI is InChI=1S/C21H22FN3O3/c1-4-6-18-20(19(25-24-18)13-7-5-8-15(22)9-13)23-21(26)14-10-16(27-2)12-17(11-14)28-3/h5,7-12H,4,6H2,1-3H3,(H,23,26)(H,24,25). The van der Waals surface area contributed by atoms with Crippen LogP contribution in [0.5, 0.6) is 11.5 Å². The zero-order valence-corrected chi connectivity index (χ0v) is 16.0. The van der Waals surface area contributed by atoms with Crippen LogP contribution in [-0.2, 0) is 6.42 Å². The van der Waals surface area contributed by atoms with E-state index in [0.717, 1.165) is 12.1 Å². The van der Waals surface area contributed by atoms with Gasteiger partial charge in [-0.05, 0) is 30.7 Å². The molecule has 3 rings (SSSR count). The summed E-state index contributed by atoms with van der Waals surface area (Å²) in [6.07, 6.45) is 1.56. The lowest BCUT2D eigenvalue weighted by molar-refractivity contribution is 0.102. The van der Waals surface area contributed by atoms with Crippen molar-refractivity contribution in [1.82, 2.24) is 10.2 Å². The van der Waals surface area contributed by atoms with Crippen LogP contribution in [0, 0.1) is 5.82 Å². The number of benzene rings is 2. The molecule has 0 saturated carbocycles. The molecule has 0 atom stereocenters. The molecule has 0 bridgehead atoms. The molecule has 1 amide bonds. The van der Waals surface area contributed by atoms with Gasteiger partial charge in [0.15, 0.2) is 0 Å². The third-order valence-corrected chi connectivity index (χ3v) is 4.29. The van der Waals surface area contributed by atoms with E-state index in [-0.39, 0.29) is 11.7 Å². The topological polar surface area (TPSA) is 76.2 Å². The summed E-state index contributed by atoms with van der Waals surface area (Å²) in [5.41, 5.74) is 2.78. The second-order valence-corrected chi connectivity index (χ2v) is 6.24. The fourth-order valence-corrected chi connectivity index (χ4v) is 2.91. The van der Waals surface area contributed by atoms with Gasteiger partial charge in [0.25, 0.3) is 5.91 Å². The van der Waals surface area contributed by atoms with Gasteiger partial charge < -0.3 is 14.8 Å². The third-order valence-electron chi connectivity index (χ3n) is 4.29. The molecule has 0 unspecified atom stereocenters. The fourth-order valence-electron chi connectivity index (χ4n) is 2.91. The van der Waals surface area contributed by atoms with Crippen LogP contribution < -0.4 is 14.8 Å². The molecule has 1 aromatic heterocycles. The summed E-state index contributed by atoms with van der Waals surface area (Å²) in [6.45, 7) is 2.03. The number of ether oxygens (including phenoxy) is 2. The first kappa shape index (κ1) is 19.4. The van der Waals surface area contributed by atoms with Gasteiger partial charge in [-0.2, -0.15) is 5.10 Å². The summed E-state index contributed by atoms with van der Waals surface area (Å²) in [5, 5.41) is 10.2. The molecule has 0 aliphatic heterocycles. The molecule has 0 radical (unpaired) electrons. The average Bonchev–Trinajstić information content (AvgIpc) is 3.10. The Hall–Kier alpha value is -3.35. The number of anilines is 1. The Morgan fingerprint density at radius 2 is 1.86 bits per heavy atom. The van der Waals surface area contributed by atoms with Gasteiger partial charge in [-0.1, -0.05) is 25.5 Å². The van der Waals surface area contributed by atoms with Crippen molar-refractivity contribution in [2.75, 3.05) is 19.5 Å². The number of H-pyrrole nitrogens is 1. The minimum atomic E-state index is -0.368. The van der Waals surface area contributed by atoms with E-state index in [4.69, 9.17) is 9.47 Å². The molecule has 28 heavy (non-hydrogen) atoms. The van der Waals surface area contributed by atoms with E-state index in [2.05, 4.69) is 15.5 Å². The quantitative estimate of drug-likeness (QED) is 0.632. The molecule has 0 aliphatic rings. The highest BCUT2D eigenvalue weighted by Crippen LogP contribution is 2.31. The summed E-state index contributed by atoms with van der Waals surface area (Å²) in [4.78, 5) is 12.9. The predicted octanol–water partition coefficient (Wildman–Crippen LogP) is 4.44. The van der Waals surface area contributed by atoms with Crippen molar-refractivity contribution in [2.24, 2.45) is 0 Å². The maximum absolute atomic E-state index is 13.7. The van der Waals surface area contributed by atoms with Crippen molar-refractivity contribution in [1.29, 1.82) is 0 Å². The fraction of sp³-hybridized carbons (Fsp3) is 0.238. The minimum Gasteiger partial charge on any atom is -0.497 e. The van der Waals surface area contributed by atoms with E-state index < -0.39 is 0 Å². The number of carbonyl (C=O) groups is 1. The van der Waals surface area contributed by atoms with Gasteiger partial charge in [0.2, 0.25) is 0 Å². The zero-order valence-electron chi connectivity index (χ0n) is 16.0. The average molecular weight is 383 g/mol. The molecule has 3 aromatic rings. The largest absolute Gasteiger partial charge is 0.497 e. The summed E-state index contributed by atoms with van der Waals surface area (Å²) in [5.74, 6) is 0.313. The molecule has 2 N–H and O–H groups in total. The summed E-state index contributed by atoms with van der Waals surface area (Å²) in [6, 6.07) is 11.0. The first-order valence-corrected chi connectivity index (χ1v) is 8.93. The van der Waals surface area contributed by atoms with Crippen molar-refractivity contribution < 1.29 is 18.7 Å². The number of hydrogen-bond donors (Lipinski definition) is 2. The minimum absolute atomic E-state index is 0.339. The number of hydrogen-bond acceptors (Lipinski definition) is 4. The van der Waals surface area contributed by atoms with Crippen molar-refractivity contribution in [3.63, 3.8) is 0 Å². The number of aromatic amines is 1. The van der Waals surface area contributed by atoms with E-state index in [0.29, 0.717) is 40.4 Å². The normalized spacial score (nSPS) is 10.6. The van der Waals surface area contributed by atoms with Gasteiger partial charge in [0, 0.05) is 17.2 Å². The van der Waals surface area contributed by atoms with Crippen molar-refractivity contribution >= 4 is 11.6 Å². The Labute approximate surface area is 162 Å². The number of rotatable bonds is 7. The Kier molecular flexibility index (Phi) is 5.93. The summed E-state index contributed by atoms with van der Waals surface area (Å²) in [7, 11) is 3.04. The van der Waals surface area contributed by atoms with E-state index in [1.807, 2.05) is 6.92 Å². The van der Waals surface area contributed by atoms with Gasteiger partial charge in [-0.15, -0.1) is 0 Å². The van der Waals surface area contributed by atoms with Gasteiger partial charge in [0.1, 0.15) is 23.0 Å². The number of halogens is 1. The van der Waals surface area contributed by atoms with E-state index >= 15 is 0 Å². The molecular weight excluding hydrogens is 361 g/mol. The molecule has 0 spiro atoms. The first-order valence-electron chi connectivity index (χ1n) is 8.93. The van der Waals surface area contributed by atoms with Gasteiger partial charge in [0.05, 0.1) is 25.6 Å². The molecule has 0 aliphatic carbocycles. The maximum atomic E-state index is 13.7. The van der Waals surface area contributed by atoms with Crippen LogP contribution in [0.4, 0.5) is 10.1 Å². The number of nitrogens with zero attached hydrogens (tertiary/aromatic N) is 1. The Morgan fingerprint density at radius 1 is 1.14 bits per heavy atom. The number of methoxy groups -OCH3 is 2. The Balaban J connectivity index is 1.99. The van der Waals surface area contributed by atoms with Crippen LogP contribution >= 0.6 is 0 Å². The molecule has 146 valence electrons. The highest BCUT2D eigenvalue weighted by atomic mass is 19.1. The van der Waals surface area contributed by atoms with Crippen molar-refractivity contribution in [3.8, 4) is 22.8 Å². The maximum Gasteiger partial charge on any atom is 0.256 e. The van der Waals surface area contributed by atoms with Crippen LogP contribution in [0.2, 0.25) is 0 Å². The third kappa shape index (κ3) is 4.14. The summed E-state index contributed by atoms with van der Waals surface area (Å²) < 4.78 is 24.1. The molecule has 0 fully saturated rings. The van der Waals surface area contributed by atoms with Gasteiger partial charge in [-0.25, -0.2) is 4.39 Å². The van der Waals surface area contributed by atoms with Gasteiger partial charge >= 0.3 is 0 Å². The van der Waals surface area contributed by atoms with Gasteiger partial charge in [-0.3, -0.25) is 9.89 Å². The van der Waals surface area contributed by atoms with E-state index in [1.54, 1.807) is 30.3 Å². The van der Waals surface area contributed by atoms with Crippen molar-refractivity contribution in [3.05, 3.63) is 59.5 Å². The predicted molar refractivity (Wildman–Crippen MR) is 105 cm³/mol. The molecule has 0 saturated heterocycles. The molecule has 2 aromatic carbocycles. The number of aryl methyl sites for hydroxylation is 1. The van der Waals surface area contributed by atoms with Crippen LogP contribution in [0.3, 0.4) is 0 Å². The number of nitrogens with one attached hydrogen (secondary N) is 2. The van der Waals surface area contributed by atoms with E-state index in [9.17, 15) is 9.18 Å².